The first-order valence-electron chi connectivity index (χ1n) is 8.09. The van der Waals surface area contributed by atoms with Gasteiger partial charge in [0.2, 0.25) is 0 Å². The van der Waals surface area contributed by atoms with Gasteiger partial charge in [-0.3, -0.25) is 0 Å². The third-order valence-electron chi connectivity index (χ3n) is 3.60. The smallest absolute Gasteiger partial charge is 0.157 e. The Balaban J connectivity index is 1.39. The Kier molecular flexibility index (Phi) is 6.38. The quantitative estimate of drug-likeness (QED) is 0.684. The molecule has 1 atom stereocenters. The van der Waals surface area contributed by atoms with Gasteiger partial charge >= 0.3 is 0 Å². The lowest BCUT2D eigenvalue weighted by Gasteiger charge is -2.22. The zero-order valence-electron chi connectivity index (χ0n) is 13.1. The standard InChI is InChI=1S/C19H22O3S/c1-2-6-17(7-3-1)23-18-11-9-16(10-12-18)20-14-15-22-19-8-4-5-13-21-19/h1-3,6-7,9-12,19H,4-5,8,13-15H2/t19-/m0/s1. The van der Waals surface area contributed by atoms with Gasteiger partial charge in [0, 0.05) is 16.4 Å². The molecule has 1 aliphatic rings. The van der Waals surface area contributed by atoms with Crippen molar-refractivity contribution >= 4 is 11.8 Å². The minimum Gasteiger partial charge on any atom is -0.491 e. The van der Waals surface area contributed by atoms with Crippen molar-refractivity contribution in [3.05, 3.63) is 54.6 Å². The molecule has 2 aromatic rings. The van der Waals surface area contributed by atoms with Crippen molar-refractivity contribution in [2.24, 2.45) is 0 Å². The summed E-state index contributed by atoms with van der Waals surface area (Å²) in [6.07, 6.45) is 3.28. The average Bonchev–Trinajstić information content (AvgIpc) is 2.62. The molecule has 0 N–H and O–H groups in total. The summed E-state index contributed by atoms with van der Waals surface area (Å²) in [6, 6.07) is 18.5. The molecule has 1 fully saturated rings. The second-order valence-electron chi connectivity index (χ2n) is 5.40. The van der Waals surface area contributed by atoms with Gasteiger partial charge in [0.25, 0.3) is 0 Å². The summed E-state index contributed by atoms with van der Waals surface area (Å²) < 4.78 is 16.9. The van der Waals surface area contributed by atoms with Crippen molar-refractivity contribution in [3.63, 3.8) is 0 Å². The van der Waals surface area contributed by atoms with Gasteiger partial charge in [-0.05, 0) is 55.7 Å². The van der Waals surface area contributed by atoms with Crippen LogP contribution in [-0.4, -0.2) is 26.1 Å². The van der Waals surface area contributed by atoms with Crippen LogP contribution in [0.3, 0.4) is 0 Å². The summed E-state index contributed by atoms with van der Waals surface area (Å²) in [5.41, 5.74) is 0. The van der Waals surface area contributed by atoms with Crippen LogP contribution in [0.15, 0.2) is 64.4 Å². The predicted octanol–water partition coefficient (Wildman–Crippen LogP) is 4.76. The van der Waals surface area contributed by atoms with Gasteiger partial charge in [0.1, 0.15) is 12.4 Å². The number of ether oxygens (including phenoxy) is 3. The zero-order chi connectivity index (χ0) is 15.7. The molecule has 0 bridgehead atoms. The molecule has 0 spiro atoms. The Morgan fingerprint density at radius 3 is 2.43 bits per heavy atom. The highest BCUT2D eigenvalue weighted by Gasteiger charge is 2.13. The van der Waals surface area contributed by atoms with Crippen molar-refractivity contribution in [1.82, 2.24) is 0 Å². The van der Waals surface area contributed by atoms with Crippen molar-refractivity contribution in [3.8, 4) is 5.75 Å². The minimum atomic E-state index is -0.0444. The largest absolute Gasteiger partial charge is 0.491 e. The minimum absolute atomic E-state index is 0.0444. The average molecular weight is 330 g/mol. The van der Waals surface area contributed by atoms with Crippen LogP contribution in [0.5, 0.6) is 5.75 Å². The van der Waals surface area contributed by atoms with Crippen molar-refractivity contribution in [2.75, 3.05) is 19.8 Å². The van der Waals surface area contributed by atoms with Gasteiger partial charge in [-0.25, -0.2) is 0 Å². The Bertz CT molecular complexity index is 565. The van der Waals surface area contributed by atoms with Crippen molar-refractivity contribution < 1.29 is 14.2 Å². The highest BCUT2D eigenvalue weighted by molar-refractivity contribution is 7.99. The summed E-state index contributed by atoms with van der Waals surface area (Å²) >= 11 is 1.75. The van der Waals surface area contributed by atoms with Gasteiger partial charge in [-0.2, -0.15) is 0 Å². The molecule has 2 aromatic carbocycles. The molecule has 0 unspecified atom stereocenters. The second-order valence-corrected chi connectivity index (χ2v) is 6.55. The Hall–Kier alpha value is -1.49. The monoisotopic (exact) mass is 330 g/mol. The van der Waals surface area contributed by atoms with E-state index >= 15 is 0 Å². The summed E-state index contributed by atoms with van der Waals surface area (Å²) in [5, 5.41) is 0. The van der Waals surface area contributed by atoms with Crippen molar-refractivity contribution in [1.29, 1.82) is 0 Å². The maximum Gasteiger partial charge on any atom is 0.157 e. The molecular formula is C19H22O3S. The molecule has 0 aromatic heterocycles. The van der Waals surface area contributed by atoms with Gasteiger partial charge < -0.3 is 14.2 Å². The SMILES string of the molecule is c1ccc(Sc2ccc(OCCO[C@H]3CCCCO3)cc2)cc1. The lowest BCUT2D eigenvalue weighted by molar-refractivity contribution is -0.165. The first kappa shape index (κ1) is 16.4. The van der Waals surface area contributed by atoms with E-state index in [0.717, 1.165) is 25.2 Å². The normalized spacial score (nSPS) is 17.8. The first-order valence-corrected chi connectivity index (χ1v) is 8.91. The van der Waals surface area contributed by atoms with E-state index < -0.39 is 0 Å². The maximum absolute atomic E-state index is 5.71. The molecule has 0 aliphatic carbocycles. The Labute approximate surface area is 142 Å². The first-order chi connectivity index (χ1) is 11.4. The van der Waals surface area contributed by atoms with Crippen LogP contribution >= 0.6 is 11.8 Å². The van der Waals surface area contributed by atoms with E-state index in [9.17, 15) is 0 Å². The number of hydrogen-bond acceptors (Lipinski definition) is 4. The maximum atomic E-state index is 5.71. The fourth-order valence-electron chi connectivity index (χ4n) is 2.41. The summed E-state index contributed by atoms with van der Waals surface area (Å²) in [6.45, 7) is 1.92. The van der Waals surface area contributed by atoms with Gasteiger partial charge in [-0.1, -0.05) is 30.0 Å². The molecule has 3 nitrogen and oxygen atoms in total. The third-order valence-corrected chi connectivity index (χ3v) is 4.61. The van der Waals surface area contributed by atoms with Crippen LogP contribution in [-0.2, 0) is 9.47 Å². The second kappa shape index (κ2) is 8.96. The van der Waals surface area contributed by atoms with E-state index in [1.807, 2.05) is 18.2 Å². The van der Waals surface area contributed by atoms with Crippen LogP contribution in [0.25, 0.3) is 0 Å². The molecule has 1 aliphatic heterocycles. The van der Waals surface area contributed by atoms with Gasteiger partial charge in [0.15, 0.2) is 6.29 Å². The molecule has 3 rings (SSSR count). The van der Waals surface area contributed by atoms with Gasteiger partial charge in [-0.15, -0.1) is 0 Å². The van der Waals surface area contributed by atoms with Crippen LogP contribution in [0.1, 0.15) is 19.3 Å². The van der Waals surface area contributed by atoms with Crippen LogP contribution in [0.2, 0.25) is 0 Å². The van der Waals surface area contributed by atoms with E-state index in [1.54, 1.807) is 11.8 Å². The van der Waals surface area contributed by atoms with E-state index in [-0.39, 0.29) is 6.29 Å². The fraction of sp³-hybridized carbons (Fsp3) is 0.368. The molecule has 122 valence electrons. The summed E-state index contributed by atoms with van der Waals surface area (Å²) in [5.74, 6) is 0.871. The molecule has 1 heterocycles. The number of rotatable bonds is 7. The molecule has 0 amide bonds. The predicted molar refractivity (Wildman–Crippen MR) is 92.0 cm³/mol. The highest BCUT2D eigenvalue weighted by atomic mass is 32.2. The molecular weight excluding hydrogens is 308 g/mol. The van der Waals surface area contributed by atoms with E-state index in [0.29, 0.717) is 13.2 Å². The van der Waals surface area contributed by atoms with Gasteiger partial charge in [0.05, 0.1) is 6.61 Å². The number of hydrogen-bond donors (Lipinski definition) is 0. The molecule has 0 saturated carbocycles. The lowest BCUT2D eigenvalue weighted by atomic mass is 10.2. The van der Waals surface area contributed by atoms with E-state index in [2.05, 4.69) is 36.4 Å². The van der Waals surface area contributed by atoms with E-state index in [1.165, 1.54) is 16.2 Å². The molecule has 1 saturated heterocycles. The highest BCUT2D eigenvalue weighted by Crippen LogP contribution is 2.28. The molecule has 0 radical (unpaired) electrons. The molecule has 23 heavy (non-hydrogen) atoms. The lowest BCUT2D eigenvalue weighted by Crippen LogP contribution is -2.24. The Morgan fingerprint density at radius 1 is 0.913 bits per heavy atom. The van der Waals surface area contributed by atoms with Crippen molar-refractivity contribution in [2.45, 2.75) is 35.3 Å². The third kappa shape index (κ3) is 5.57. The summed E-state index contributed by atoms with van der Waals surface area (Å²) in [4.78, 5) is 2.44. The zero-order valence-corrected chi connectivity index (χ0v) is 14.0. The molecule has 4 heteroatoms. The Morgan fingerprint density at radius 2 is 1.70 bits per heavy atom. The van der Waals surface area contributed by atoms with Crippen LogP contribution < -0.4 is 4.74 Å². The number of benzene rings is 2. The fourth-order valence-corrected chi connectivity index (χ4v) is 3.25. The van der Waals surface area contributed by atoms with Crippen LogP contribution in [0.4, 0.5) is 0 Å². The summed E-state index contributed by atoms with van der Waals surface area (Å²) in [7, 11) is 0. The van der Waals surface area contributed by atoms with Crippen LogP contribution in [0, 0.1) is 0 Å². The van der Waals surface area contributed by atoms with E-state index in [4.69, 9.17) is 14.2 Å². The topological polar surface area (TPSA) is 27.7 Å².